The quantitative estimate of drug-likeness (QED) is 0.861. The van der Waals surface area contributed by atoms with Gasteiger partial charge in [-0.05, 0) is 51.0 Å². The fourth-order valence-electron chi connectivity index (χ4n) is 2.42. The van der Waals surface area contributed by atoms with Gasteiger partial charge >= 0.3 is 12.1 Å². The molecule has 6 nitrogen and oxygen atoms in total. The number of carbonyl (C=O) groups is 2. The van der Waals surface area contributed by atoms with E-state index in [1.807, 2.05) is 0 Å². The van der Waals surface area contributed by atoms with Gasteiger partial charge in [0.25, 0.3) is 0 Å². The molecule has 1 aromatic carbocycles. The summed E-state index contributed by atoms with van der Waals surface area (Å²) in [7, 11) is 0. The van der Waals surface area contributed by atoms with E-state index in [4.69, 9.17) is 9.47 Å². The highest BCUT2D eigenvalue weighted by molar-refractivity contribution is 6.01. The highest BCUT2D eigenvalue weighted by Crippen LogP contribution is 2.29. The number of hydrogen-bond donors (Lipinski definition) is 1. The first-order chi connectivity index (χ1) is 11.2. The highest BCUT2D eigenvalue weighted by Gasteiger charge is 2.33. The molecule has 1 aliphatic rings. The standard InChI is InChI=1S/C18H23NO5/c1-5-23-16(21)15-11-19(17(22)24-18(2,3)4)10-14(15)12-6-8-13(20)9-7-12/h6-9,20H,5,10-11H2,1-4H3. The predicted octanol–water partition coefficient (Wildman–Crippen LogP) is 2.96. The maximum absolute atomic E-state index is 12.3. The van der Waals surface area contributed by atoms with Crippen molar-refractivity contribution in [3.8, 4) is 5.75 Å². The molecule has 0 saturated carbocycles. The molecule has 0 aromatic heterocycles. The topological polar surface area (TPSA) is 76.1 Å². The van der Waals surface area contributed by atoms with E-state index in [0.717, 1.165) is 5.56 Å². The summed E-state index contributed by atoms with van der Waals surface area (Å²) >= 11 is 0. The van der Waals surface area contributed by atoms with Crippen molar-refractivity contribution in [1.29, 1.82) is 0 Å². The second-order valence-corrected chi connectivity index (χ2v) is 6.56. The normalized spacial score (nSPS) is 14.8. The number of phenols is 1. The Kier molecular flexibility index (Phi) is 5.17. The molecule has 0 radical (unpaired) electrons. The summed E-state index contributed by atoms with van der Waals surface area (Å²) in [6.45, 7) is 7.78. The molecule has 1 aromatic rings. The number of amides is 1. The van der Waals surface area contributed by atoms with Gasteiger partial charge in [0.05, 0.1) is 25.3 Å². The maximum Gasteiger partial charge on any atom is 0.410 e. The Morgan fingerprint density at radius 3 is 2.33 bits per heavy atom. The van der Waals surface area contributed by atoms with E-state index in [0.29, 0.717) is 11.1 Å². The monoisotopic (exact) mass is 333 g/mol. The number of esters is 1. The molecule has 24 heavy (non-hydrogen) atoms. The Balaban J connectivity index is 2.28. The van der Waals surface area contributed by atoms with E-state index in [9.17, 15) is 14.7 Å². The van der Waals surface area contributed by atoms with Crippen LogP contribution in [0.15, 0.2) is 29.8 Å². The molecule has 0 spiro atoms. The van der Waals surface area contributed by atoms with Gasteiger partial charge in [0.1, 0.15) is 11.4 Å². The van der Waals surface area contributed by atoms with Gasteiger partial charge in [0.15, 0.2) is 0 Å². The lowest BCUT2D eigenvalue weighted by Gasteiger charge is -2.24. The molecule has 1 N–H and O–H groups in total. The molecule has 1 heterocycles. The first-order valence-corrected chi connectivity index (χ1v) is 7.87. The van der Waals surface area contributed by atoms with Crippen LogP contribution in [0, 0.1) is 0 Å². The van der Waals surface area contributed by atoms with Crippen LogP contribution in [0.1, 0.15) is 33.3 Å². The van der Waals surface area contributed by atoms with Gasteiger partial charge in [-0.3, -0.25) is 4.90 Å². The van der Waals surface area contributed by atoms with Crippen molar-refractivity contribution in [2.45, 2.75) is 33.3 Å². The molecule has 130 valence electrons. The van der Waals surface area contributed by atoms with E-state index in [1.165, 1.54) is 4.90 Å². The molecular formula is C18H23NO5. The Morgan fingerprint density at radius 1 is 1.17 bits per heavy atom. The van der Waals surface area contributed by atoms with Gasteiger partial charge in [0.2, 0.25) is 0 Å². The van der Waals surface area contributed by atoms with Crippen molar-refractivity contribution < 1.29 is 24.2 Å². The molecular weight excluding hydrogens is 310 g/mol. The molecule has 1 aliphatic heterocycles. The van der Waals surface area contributed by atoms with Crippen molar-refractivity contribution in [2.24, 2.45) is 0 Å². The summed E-state index contributed by atoms with van der Waals surface area (Å²) in [5.41, 5.74) is 1.30. The lowest BCUT2D eigenvalue weighted by atomic mass is 10.0. The zero-order valence-corrected chi connectivity index (χ0v) is 14.5. The second kappa shape index (κ2) is 6.95. The van der Waals surface area contributed by atoms with Crippen molar-refractivity contribution in [1.82, 2.24) is 4.90 Å². The van der Waals surface area contributed by atoms with Gasteiger partial charge in [0, 0.05) is 0 Å². The van der Waals surface area contributed by atoms with Crippen LogP contribution in [-0.2, 0) is 14.3 Å². The van der Waals surface area contributed by atoms with Crippen LogP contribution < -0.4 is 0 Å². The third kappa shape index (κ3) is 4.28. The molecule has 1 amide bonds. The van der Waals surface area contributed by atoms with Crippen molar-refractivity contribution in [3.05, 3.63) is 35.4 Å². The number of carbonyl (C=O) groups excluding carboxylic acids is 2. The van der Waals surface area contributed by atoms with E-state index in [1.54, 1.807) is 52.0 Å². The molecule has 0 bridgehead atoms. The summed E-state index contributed by atoms with van der Waals surface area (Å²) in [4.78, 5) is 26.0. The van der Waals surface area contributed by atoms with Crippen LogP contribution >= 0.6 is 0 Å². The maximum atomic E-state index is 12.3. The summed E-state index contributed by atoms with van der Waals surface area (Å²) in [6, 6.07) is 6.51. The number of nitrogens with zero attached hydrogens (tertiary/aromatic N) is 1. The Hall–Kier alpha value is -2.50. The lowest BCUT2D eigenvalue weighted by molar-refractivity contribution is -0.138. The van der Waals surface area contributed by atoms with Gasteiger partial charge in [-0.15, -0.1) is 0 Å². The highest BCUT2D eigenvalue weighted by atomic mass is 16.6. The van der Waals surface area contributed by atoms with Crippen LogP contribution in [0.2, 0.25) is 0 Å². The summed E-state index contributed by atoms with van der Waals surface area (Å²) in [5, 5.41) is 9.43. The van der Waals surface area contributed by atoms with Crippen LogP contribution in [0.3, 0.4) is 0 Å². The molecule has 2 rings (SSSR count). The van der Waals surface area contributed by atoms with E-state index in [2.05, 4.69) is 0 Å². The number of ether oxygens (including phenoxy) is 2. The van der Waals surface area contributed by atoms with Crippen LogP contribution in [0.5, 0.6) is 5.75 Å². The largest absolute Gasteiger partial charge is 0.508 e. The first kappa shape index (κ1) is 17.8. The number of aromatic hydroxyl groups is 1. The predicted molar refractivity (Wildman–Crippen MR) is 89.5 cm³/mol. The summed E-state index contributed by atoms with van der Waals surface area (Å²) in [6.07, 6.45) is -0.474. The average Bonchev–Trinajstić information content (AvgIpc) is 2.92. The minimum Gasteiger partial charge on any atom is -0.508 e. The molecule has 6 heteroatoms. The van der Waals surface area contributed by atoms with Gasteiger partial charge in [-0.1, -0.05) is 12.1 Å². The first-order valence-electron chi connectivity index (χ1n) is 7.87. The smallest absolute Gasteiger partial charge is 0.410 e. The van der Waals surface area contributed by atoms with Crippen molar-refractivity contribution in [2.75, 3.05) is 19.7 Å². The van der Waals surface area contributed by atoms with Crippen LogP contribution in [-0.4, -0.2) is 47.4 Å². The fraction of sp³-hybridized carbons (Fsp3) is 0.444. The Bertz CT molecular complexity index is 655. The SMILES string of the molecule is CCOC(=O)C1=C(c2ccc(O)cc2)CN(C(=O)OC(C)(C)C)C1. The van der Waals surface area contributed by atoms with Gasteiger partial charge in [-0.2, -0.15) is 0 Å². The van der Waals surface area contributed by atoms with Crippen LogP contribution in [0.25, 0.3) is 5.57 Å². The van der Waals surface area contributed by atoms with E-state index < -0.39 is 17.7 Å². The fourth-order valence-corrected chi connectivity index (χ4v) is 2.42. The molecule has 0 atom stereocenters. The Labute approximate surface area is 141 Å². The third-order valence-electron chi connectivity index (χ3n) is 3.45. The minimum atomic E-state index is -0.609. The number of phenolic OH excluding ortho intramolecular Hbond substituents is 1. The zero-order chi connectivity index (χ0) is 17.9. The van der Waals surface area contributed by atoms with Gasteiger partial charge < -0.3 is 14.6 Å². The second-order valence-electron chi connectivity index (χ2n) is 6.56. The van der Waals surface area contributed by atoms with Crippen molar-refractivity contribution in [3.63, 3.8) is 0 Å². The summed E-state index contributed by atoms with van der Waals surface area (Å²) < 4.78 is 10.5. The number of benzene rings is 1. The molecule has 0 unspecified atom stereocenters. The lowest BCUT2D eigenvalue weighted by Crippen LogP contribution is -2.36. The Morgan fingerprint density at radius 2 is 1.79 bits per heavy atom. The number of hydrogen-bond acceptors (Lipinski definition) is 5. The minimum absolute atomic E-state index is 0.138. The molecule has 0 fully saturated rings. The summed E-state index contributed by atoms with van der Waals surface area (Å²) in [5.74, 6) is -0.300. The third-order valence-corrected chi connectivity index (χ3v) is 3.45. The average molecular weight is 333 g/mol. The van der Waals surface area contributed by atoms with Gasteiger partial charge in [-0.25, -0.2) is 9.59 Å². The van der Waals surface area contributed by atoms with E-state index in [-0.39, 0.29) is 25.4 Å². The van der Waals surface area contributed by atoms with Crippen LogP contribution in [0.4, 0.5) is 4.79 Å². The molecule has 0 saturated heterocycles. The number of rotatable bonds is 3. The molecule has 0 aliphatic carbocycles. The van der Waals surface area contributed by atoms with Crippen molar-refractivity contribution >= 4 is 17.6 Å². The zero-order valence-electron chi connectivity index (χ0n) is 14.5. The van der Waals surface area contributed by atoms with E-state index >= 15 is 0 Å².